The minimum Gasteiger partial charge on any atom is -0.354 e. The molecule has 4 nitrogen and oxygen atoms in total. The summed E-state index contributed by atoms with van der Waals surface area (Å²) >= 11 is 0. The first-order valence-electron chi connectivity index (χ1n) is 10.8. The van der Waals surface area contributed by atoms with Gasteiger partial charge in [-0.25, -0.2) is 0 Å². The Kier molecular flexibility index (Phi) is 4.15. The third-order valence-corrected chi connectivity index (χ3v) is 7.88. The third kappa shape index (κ3) is 2.81. The van der Waals surface area contributed by atoms with E-state index in [0.29, 0.717) is 11.9 Å². The highest BCUT2D eigenvalue weighted by Gasteiger charge is 2.54. The summed E-state index contributed by atoms with van der Waals surface area (Å²) in [5, 5.41) is 3.44. The van der Waals surface area contributed by atoms with Gasteiger partial charge in [0, 0.05) is 30.9 Å². The zero-order chi connectivity index (χ0) is 17.7. The predicted octanol–water partition coefficient (Wildman–Crippen LogP) is 3.49. The maximum Gasteiger partial charge on any atom is 0.226 e. The first-order valence-corrected chi connectivity index (χ1v) is 10.8. The normalized spacial score (nSPS) is 37.2. The van der Waals surface area contributed by atoms with Crippen LogP contribution in [-0.4, -0.2) is 35.0 Å². The molecule has 1 amide bonds. The first kappa shape index (κ1) is 16.9. The number of aryl methyl sites for hydroxylation is 1. The van der Waals surface area contributed by atoms with Gasteiger partial charge in [-0.2, -0.15) is 0 Å². The van der Waals surface area contributed by atoms with Gasteiger partial charge in [0.25, 0.3) is 0 Å². The molecule has 4 heteroatoms. The Balaban J connectivity index is 1.30. The Bertz CT molecular complexity index is 637. The van der Waals surface area contributed by atoms with Gasteiger partial charge in [-0.3, -0.25) is 9.69 Å². The van der Waals surface area contributed by atoms with Gasteiger partial charge in [0.15, 0.2) is 0 Å². The van der Waals surface area contributed by atoms with Gasteiger partial charge in [0.1, 0.15) is 0 Å². The highest BCUT2D eigenvalue weighted by molar-refractivity contribution is 5.83. The van der Waals surface area contributed by atoms with Crippen LogP contribution in [-0.2, 0) is 11.8 Å². The number of aromatic nitrogens is 1. The predicted molar refractivity (Wildman–Crippen MR) is 103 cm³/mol. The van der Waals surface area contributed by atoms with Gasteiger partial charge >= 0.3 is 0 Å². The molecule has 6 rings (SSSR count). The second kappa shape index (κ2) is 6.40. The number of nitrogens with one attached hydrogen (secondary N) is 1. The minimum absolute atomic E-state index is 0.0292. The molecule has 1 atom stereocenters. The summed E-state index contributed by atoms with van der Waals surface area (Å²) in [6, 6.07) is 4.66. The molecule has 2 heterocycles. The quantitative estimate of drug-likeness (QED) is 0.878. The number of hydrogen-bond acceptors (Lipinski definition) is 2. The first-order chi connectivity index (χ1) is 12.6. The van der Waals surface area contributed by atoms with E-state index in [4.69, 9.17) is 0 Å². The molecule has 1 saturated heterocycles. The molecule has 0 radical (unpaired) electrons. The van der Waals surface area contributed by atoms with Crippen molar-refractivity contribution in [3.63, 3.8) is 0 Å². The topological polar surface area (TPSA) is 37.3 Å². The molecule has 1 aromatic heterocycles. The largest absolute Gasteiger partial charge is 0.354 e. The average molecular weight is 356 g/mol. The highest BCUT2D eigenvalue weighted by Crippen LogP contribution is 2.60. The Morgan fingerprint density at radius 2 is 1.77 bits per heavy atom. The lowest BCUT2D eigenvalue weighted by molar-refractivity contribution is -0.146. The molecule has 0 spiro atoms. The maximum atomic E-state index is 13.3. The number of nitrogens with zero attached hydrogens (tertiary/aromatic N) is 2. The Labute approximate surface area is 157 Å². The fourth-order valence-electron chi connectivity index (χ4n) is 7.06. The van der Waals surface area contributed by atoms with E-state index in [9.17, 15) is 4.79 Å². The number of rotatable bonds is 5. The molecule has 0 aromatic carbocycles. The molecule has 4 saturated carbocycles. The molecule has 0 unspecified atom stereocenters. The van der Waals surface area contributed by atoms with Gasteiger partial charge in [-0.1, -0.05) is 0 Å². The monoisotopic (exact) mass is 355 g/mol. The molecular weight excluding hydrogens is 322 g/mol. The maximum absolute atomic E-state index is 13.3. The number of hydrogen-bond donors (Lipinski definition) is 1. The van der Waals surface area contributed by atoms with E-state index in [1.807, 2.05) is 0 Å². The van der Waals surface area contributed by atoms with Crippen LogP contribution in [0.1, 0.15) is 63.1 Å². The van der Waals surface area contributed by atoms with Crippen LogP contribution in [0.5, 0.6) is 0 Å². The van der Waals surface area contributed by atoms with E-state index in [1.165, 1.54) is 37.8 Å². The summed E-state index contributed by atoms with van der Waals surface area (Å²) in [5.41, 5.74) is 1.30. The van der Waals surface area contributed by atoms with Crippen molar-refractivity contribution >= 4 is 5.91 Å². The van der Waals surface area contributed by atoms with Crippen LogP contribution in [0.4, 0.5) is 0 Å². The average Bonchev–Trinajstić information content (AvgIpc) is 3.26. The van der Waals surface area contributed by atoms with Gasteiger partial charge in [-0.15, -0.1) is 0 Å². The van der Waals surface area contributed by atoms with Crippen LogP contribution in [0.15, 0.2) is 18.3 Å². The second-order valence-electron chi connectivity index (χ2n) is 9.71. The third-order valence-electron chi connectivity index (χ3n) is 7.88. The highest BCUT2D eigenvalue weighted by atomic mass is 16.2. The second-order valence-corrected chi connectivity index (χ2v) is 9.71. The Morgan fingerprint density at radius 1 is 1.15 bits per heavy atom. The summed E-state index contributed by atoms with van der Waals surface area (Å²) < 4.78 is 2.22. The smallest absolute Gasteiger partial charge is 0.226 e. The van der Waals surface area contributed by atoms with E-state index in [0.717, 1.165) is 56.7 Å². The zero-order valence-corrected chi connectivity index (χ0v) is 16.1. The van der Waals surface area contributed by atoms with Crippen LogP contribution < -0.4 is 5.32 Å². The summed E-state index contributed by atoms with van der Waals surface area (Å²) in [5.74, 6) is 2.85. The number of carbonyl (C=O) groups is 1. The zero-order valence-electron chi connectivity index (χ0n) is 16.1. The standard InChI is InChI=1S/C22H33N3O/c1-24-6-4-5-19(24)20(25-7-2-3-8-25)15-23-21(26)22-12-16-9-17(13-22)11-18(10-16)14-22/h4-6,16-18,20H,2-3,7-15H2,1H3,(H,23,26)/t16?,17?,18?,20-,22?/m0/s1. The summed E-state index contributed by atoms with van der Waals surface area (Å²) in [4.78, 5) is 15.9. The Morgan fingerprint density at radius 3 is 2.31 bits per heavy atom. The van der Waals surface area contributed by atoms with E-state index >= 15 is 0 Å². The van der Waals surface area contributed by atoms with Crippen LogP contribution in [0.2, 0.25) is 0 Å². The molecule has 26 heavy (non-hydrogen) atoms. The molecular formula is C22H33N3O. The molecule has 1 aliphatic heterocycles. The van der Waals surface area contributed by atoms with Gasteiger partial charge in [-0.05, 0) is 94.3 Å². The van der Waals surface area contributed by atoms with E-state index in [1.54, 1.807) is 0 Å². The molecule has 5 fully saturated rings. The molecule has 1 N–H and O–H groups in total. The van der Waals surface area contributed by atoms with E-state index < -0.39 is 0 Å². The molecule has 5 aliphatic rings. The lowest BCUT2D eigenvalue weighted by Crippen LogP contribution is -2.54. The molecule has 4 bridgehead atoms. The fraction of sp³-hybridized carbons (Fsp3) is 0.773. The van der Waals surface area contributed by atoms with Crippen LogP contribution in [0, 0.1) is 23.2 Å². The lowest BCUT2D eigenvalue weighted by atomic mass is 9.49. The van der Waals surface area contributed by atoms with Crippen LogP contribution in [0.3, 0.4) is 0 Å². The summed E-state index contributed by atoms with van der Waals surface area (Å²) in [6.45, 7) is 3.07. The van der Waals surface area contributed by atoms with Crippen molar-refractivity contribution in [2.45, 2.75) is 57.4 Å². The molecule has 4 aliphatic carbocycles. The van der Waals surface area contributed by atoms with Crippen LogP contribution in [0.25, 0.3) is 0 Å². The van der Waals surface area contributed by atoms with Crippen LogP contribution >= 0.6 is 0 Å². The van der Waals surface area contributed by atoms with Gasteiger partial charge in [0.2, 0.25) is 5.91 Å². The summed E-state index contributed by atoms with van der Waals surface area (Å²) in [6.07, 6.45) is 12.3. The molecule has 1 aromatic rings. The van der Waals surface area contributed by atoms with E-state index in [-0.39, 0.29) is 5.41 Å². The van der Waals surface area contributed by atoms with Crippen molar-refractivity contribution in [2.75, 3.05) is 19.6 Å². The van der Waals surface area contributed by atoms with Crippen molar-refractivity contribution in [1.29, 1.82) is 0 Å². The lowest BCUT2D eigenvalue weighted by Gasteiger charge is -2.55. The van der Waals surface area contributed by atoms with E-state index in [2.05, 4.69) is 40.2 Å². The SMILES string of the molecule is Cn1cccc1[C@H](CNC(=O)C12CC3CC(CC(C3)C1)C2)N1CCCC1. The van der Waals surface area contributed by atoms with Crippen molar-refractivity contribution in [2.24, 2.45) is 30.2 Å². The minimum atomic E-state index is -0.0292. The Hall–Kier alpha value is -1.29. The number of amides is 1. The molecule has 142 valence electrons. The van der Waals surface area contributed by atoms with Gasteiger partial charge in [0.05, 0.1) is 6.04 Å². The number of carbonyl (C=O) groups excluding carboxylic acids is 1. The number of likely N-dealkylation sites (tertiary alicyclic amines) is 1. The van der Waals surface area contributed by atoms with Crippen molar-refractivity contribution < 1.29 is 4.79 Å². The van der Waals surface area contributed by atoms with Crippen molar-refractivity contribution in [3.8, 4) is 0 Å². The van der Waals surface area contributed by atoms with Gasteiger partial charge < -0.3 is 9.88 Å². The fourth-order valence-corrected chi connectivity index (χ4v) is 7.06. The van der Waals surface area contributed by atoms with Crippen molar-refractivity contribution in [3.05, 3.63) is 24.0 Å². The summed E-state index contributed by atoms with van der Waals surface area (Å²) in [7, 11) is 2.12. The van der Waals surface area contributed by atoms with Crippen molar-refractivity contribution in [1.82, 2.24) is 14.8 Å².